The highest BCUT2D eigenvalue weighted by Gasteiger charge is 2.24. The van der Waals surface area contributed by atoms with Gasteiger partial charge in [-0.25, -0.2) is 0 Å². The van der Waals surface area contributed by atoms with Crippen LogP contribution in [-0.4, -0.2) is 18.9 Å². The maximum atomic E-state index is 10.9. The molecular weight excluding hydrogens is 234 g/mol. The molecular formula is C17H25NO. The normalized spacial score (nSPS) is 16.0. The second kappa shape index (κ2) is 6.23. The zero-order valence-corrected chi connectivity index (χ0v) is 12.4. The zero-order valence-electron chi connectivity index (χ0n) is 12.4. The predicted molar refractivity (Wildman–Crippen MR) is 81.0 cm³/mol. The molecule has 0 spiro atoms. The Morgan fingerprint density at radius 1 is 1.32 bits per heavy atom. The van der Waals surface area contributed by atoms with Crippen LogP contribution in [-0.2, 0) is 0 Å². The molecule has 0 bridgehead atoms. The Labute approximate surface area is 116 Å². The summed E-state index contributed by atoms with van der Waals surface area (Å²) in [7, 11) is 0. The number of carbonyl (C=O) groups excluding carboxylic acids is 1. The summed E-state index contributed by atoms with van der Waals surface area (Å²) < 4.78 is 0. The van der Waals surface area contributed by atoms with Gasteiger partial charge in [-0.1, -0.05) is 26.7 Å². The molecule has 2 nitrogen and oxygen atoms in total. The SMILES string of the molecule is Cc1cc(C=O)ccc1N(CC(C)C)C1CCCC1. The van der Waals surface area contributed by atoms with Crippen molar-refractivity contribution in [1.29, 1.82) is 0 Å². The van der Waals surface area contributed by atoms with Crippen molar-refractivity contribution in [2.75, 3.05) is 11.4 Å². The van der Waals surface area contributed by atoms with Crippen LogP contribution in [0.25, 0.3) is 0 Å². The van der Waals surface area contributed by atoms with Gasteiger partial charge in [-0.2, -0.15) is 0 Å². The lowest BCUT2D eigenvalue weighted by molar-refractivity contribution is 0.112. The summed E-state index contributed by atoms with van der Waals surface area (Å²) in [5, 5.41) is 0. The van der Waals surface area contributed by atoms with E-state index >= 15 is 0 Å². The highest BCUT2D eigenvalue weighted by molar-refractivity contribution is 5.77. The third kappa shape index (κ3) is 3.37. The van der Waals surface area contributed by atoms with Crippen molar-refractivity contribution >= 4 is 12.0 Å². The predicted octanol–water partition coefficient (Wildman–Crippen LogP) is 4.21. The van der Waals surface area contributed by atoms with Crippen LogP contribution in [0.4, 0.5) is 5.69 Å². The molecule has 2 heteroatoms. The van der Waals surface area contributed by atoms with Gasteiger partial charge < -0.3 is 4.90 Å². The third-order valence-electron chi connectivity index (χ3n) is 3.99. The third-order valence-corrected chi connectivity index (χ3v) is 3.99. The Morgan fingerprint density at radius 3 is 2.53 bits per heavy atom. The standard InChI is InChI=1S/C17H25NO/c1-13(2)11-18(16-6-4-5-7-16)17-9-8-15(12-19)10-14(17)3/h8-10,12-13,16H,4-7,11H2,1-3H3. The van der Waals surface area contributed by atoms with Crippen molar-refractivity contribution in [2.24, 2.45) is 5.92 Å². The first kappa shape index (κ1) is 14.1. The minimum atomic E-state index is 0.658. The van der Waals surface area contributed by atoms with E-state index in [2.05, 4.69) is 31.7 Å². The van der Waals surface area contributed by atoms with Crippen LogP contribution < -0.4 is 4.90 Å². The quantitative estimate of drug-likeness (QED) is 0.738. The molecule has 1 aliphatic carbocycles. The smallest absolute Gasteiger partial charge is 0.150 e. The largest absolute Gasteiger partial charge is 0.368 e. The van der Waals surface area contributed by atoms with Crippen molar-refractivity contribution in [1.82, 2.24) is 0 Å². The minimum Gasteiger partial charge on any atom is -0.368 e. The Bertz CT molecular complexity index is 433. The Morgan fingerprint density at radius 2 is 2.00 bits per heavy atom. The second-order valence-electron chi connectivity index (χ2n) is 6.15. The number of carbonyl (C=O) groups is 1. The van der Waals surface area contributed by atoms with E-state index in [0.29, 0.717) is 12.0 Å². The molecule has 1 aromatic carbocycles. The molecule has 0 N–H and O–H groups in total. The summed E-state index contributed by atoms with van der Waals surface area (Å²) in [6.07, 6.45) is 6.25. The van der Waals surface area contributed by atoms with Crippen LogP contribution in [0.3, 0.4) is 0 Å². The fraction of sp³-hybridized carbons (Fsp3) is 0.588. The van der Waals surface area contributed by atoms with Gasteiger partial charge in [-0.3, -0.25) is 4.79 Å². The number of hydrogen-bond donors (Lipinski definition) is 0. The first-order valence-corrected chi connectivity index (χ1v) is 7.44. The summed E-state index contributed by atoms with van der Waals surface area (Å²) in [4.78, 5) is 13.4. The van der Waals surface area contributed by atoms with E-state index in [1.54, 1.807) is 0 Å². The van der Waals surface area contributed by atoms with Gasteiger partial charge in [0.1, 0.15) is 6.29 Å². The number of rotatable bonds is 5. The molecule has 2 rings (SSSR count). The molecule has 1 aliphatic rings. The van der Waals surface area contributed by atoms with Crippen LogP contribution in [0.15, 0.2) is 18.2 Å². The number of nitrogens with zero attached hydrogens (tertiary/aromatic N) is 1. The molecule has 0 amide bonds. The van der Waals surface area contributed by atoms with Gasteiger partial charge in [0.05, 0.1) is 0 Å². The van der Waals surface area contributed by atoms with Gasteiger partial charge in [0.25, 0.3) is 0 Å². The Hall–Kier alpha value is -1.31. The molecule has 0 radical (unpaired) electrons. The molecule has 0 atom stereocenters. The van der Waals surface area contributed by atoms with Crippen molar-refractivity contribution in [3.63, 3.8) is 0 Å². The fourth-order valence-corrected chi connectivity index (χ4v) is 3.13. The summed E-state index contributed by atoms with van der Waals surface area (Å²) in [5.74, 6) is 0.658. The van der Waals surface area contributed by atoms with Gasteiger partial charge in [-0.05, 0) is 49.4 Å². The molecule has 104 valence electrons. The van der Waals surface area contributed by atoms with Crippen LogP contribution in [0, 0.1) is 12.8 Å². The van der Waals surface area contributed by atoms with Crippen LogP contribution in [0.2, 0.25) is 0 Å². The maximum Gasteiger partial charge on any atom is 0.150 e. The Balaban J connectivity index is 2.28. The lowest BCUT2D eigenvalue weighted by atomic mass is 10.0. The average molecular weight is 259 g/mol. The second-order valence-corrected chi connectivity index (χ2v) is 6.15. The molecule has 0 heterocycles. The zero-order chi connectivity index (χ0) is 13.8. The summed E-state index contributed by atoms with van der Waals surface area (Å²) in [6, 6.07) is 6.75. The van der Waals surface area contributed by atoms with E-state index in [0.717, 1.165) is 18.4 Å². The van der Waals surface area contributed by atoms with E-state index < -0.39 is 0 Å². The first-order valence-electron chi connectivity index (χ1n) is 7.44. The summed E-state index contributed by atoms with van der Waals surface area (Å²) in [6.45, 7) is 7.77. The molecule has 0 aromatic heterocycles. The Kier molecular flexibility index (Phi) is 4.62. The molecule has 1 saturated carbocycles. The number of aldehydes is 1. The number of anilines is 1. The lowest BCUT2D eigenvalue weighted by Crippen LogP contribution is -2.36. The van der Waals surface area contributed by atoms with Gasteiger partial charge in [0.15, 0.2) is 0 Å². The molecule has 1 aromatic rings. The van der Waals surface area contributed by atoms with E-state index in [-0.39, 0.29) is 0 Å². The fourth-order valence-electron chi connectivity index (χ4n) is 3.13. The van der Waals surface area contributed by atoms with Gasteiger partial charge in [-0.15, -0.1) is 0 Å². The minimum absolute atomic E-state index is 0.658. The highest BCUT2D eigenvalue weighted by atomic mass is 16.1. The molecule has 0 saturated heterocycles. The van der Waals surface area contributed by atoms with E-state index in [4.69, 9.17) is 0 Å². The molecule has 0 unspecified atom stereocenters. The molecule has 1 fully saturated rings. The summed E-state index contributed by atoms with van der Waals surface area (Å²) in [5.41, 5.74) is 3.31. The van der Waals surface area contributed by atoms with Crippen molar-refractivity contribution in [2.45, 2.75) is 52.5 Å². The van der Waals surface area contributed by atoms with Gasteiger partial charge in [0, 0.05) is 23.8 Å². The van der Waals surface area contributed by atoms with E-state index in [9.17, 15) is 4.79 Å². The van der Waals surface area contributed by atoms with Crippen LogP contribution >= 0.6 is 0 Å². The number of aryl methyl sites for hydroxylation is 1. The monoisotopic (exact) mass is 259 g/mol. The van der Waals surface area contributed by atoms with E-state index in [1.807, 2.05) is 12.1 Å². The highest BCUT2D eigenvalue weighted by Crippen LogP contribution is 2.31. The van der Waals surface area contributed by atoms with Gasteiger partial charge in [0.2, 0.25) is 0 Å². The van der Waals surface area contributed by atoms with Crippen molar-refractivity contribution in [3.8, 4) is 0 Å². The van der Waals surface area contributed by atoms with Crippen LogP contribution in [0.1, 0.15) is 55.5 Å². The molecule has 19 heavy (non-hydrogen) atoms. The average Bonchev–Trinajstić information content (AvgIpc) is 2.89. The summed E-state index contributed by atoms with van der Waals surface area (Å²) >= 11 is 0. The van der Waals surface area contributed by atoms with Crippen molar-refractivity contribution < 1.29 is 4.79 Å². The van der Waals surface area contributed by atoms with Gasteiger partial charge >= 0.3 is 0 Å². The number of benzene rings is 1. The topological polar surface area (TPSA) is 20.3 Å². The maximum absolute atomic E-state index is 10.9. The van der Waals surface area contributed by atoms with Crippen LogP contribution in [0.5, 0.6) is 0 Å². The van der Waals surface area contributed by atoms with E-state index in [1.165, 1.54) is 36.9 Å². The van der Waals surface area contributed by atoms with Crippen molar-refractivity contribution in [3.05, 3.63) is 29.3 Å². The number of hydrogen-bond acceptors (Lipinski definition) is 2. The lowest BCUT2D eigenvalue weighted by Gasteiger charge is -2.34. The first-order chi connectivity index (χ1) is 9.11. The molecule has 0 aliphatic heterocycles.